The number of likely N-dealkylation sites (tertiary alicyclic amines) is 1. The Kier molecular flexibility index (Phi) is 9.12. The molecule has 1 aromatic carbocycles. The summed E-state index contributed by atoms with van der Waals surface area (Å²) in [6.07, 6.45) is 13.2. The Morgan fingerprint density at radius 3 is 2.38 bits per heavy atom. The zero-order chi connectivity index (χ0) is 29.1. The topological polar surface area (TPSA) is 91.7 Å². The quantitative estimate of drug-likeness (QED) is 0.281. The van der Waals surface area contributed by atoms with Gasteiger partial charge in [-0.3, -0.25) is 9.69 Å². The van der Waals surface area contributed by atoms with Gasteiger partial charge in [0.05, 0.1) is 18.1 Å². The van der Waals surface area contributed by atoms with Crippen LogP contribution in [0.3, 0.4) is 0 Å². The number of carboxylic acids is 1. The molecule has 2 unspecified atom stereocenters. The van der Waals surface area contributed by atoms with Crippen molar-refractivity contribution in [1.82, 2.24) is 19.9 Å². The van der Waals surface area contributed by atoms with E-state index in [1.54, 1.807) is 18.5 Å². The van der Waals surface area contributed by atoms with E-state index in [1.165, 1.54) is 38.5 Å². The van der Waals surface area contributed by atoms with E-state index < -0.39 is 5.97 Å². The first-order valence-electron chi connectivity index (χ1n) is 15.1. The maximum absolute atomic E-state index is 11.1. The molecule has 1 saturated carbocycles. The fraction of sp³-hybridized carbons (Fsp3) is 0.500. The van der Waals surface area contributed by atoms with Gasteiger partial charge in [0.25, 0.3) is 0 Å². The van der Waals surface area contributed by atoms with Crippen molar-refractivity contribution >= 4 is 35.1 Å². The van der Waals surface area contributed by atoms with Gasteiger partial charge in [-0.1, -0.05) is 42.5 Å². The number of carbonyl (C=O) groups is 1. The summed E-state index contributed by atoms with van der Waals surface area (Å²) >= 11 is 12.6. The number of anilines is 1. The molecule has 2 saturated heterocycles. The molecule has 4 heterocycles. The van der Waals surface area contributed by atoms with Gasteiger partial charge in [-0.2, -0.15) is 0 Å². The predicted octanol–water partition coefficient (Wildman–Crippen LogP) is 7.48. The Balaban J connectivity index is 1.20. The minimum absolute atomic E-state index is 0.233. The van der Waals surface area contributed by atoms with Gasteiger partial charge in [0.15, 0.2) is 5.75 Å². The number of hydrogen-bond acceptors (Lipinski definition) is 7. The highest BCUT2D eigenvalue weighted by Crippen LogP contribution is 2.37. The first-order chi connectivity index (χ1) is 20.4. The first kappa shape index (κ1) is 29.1. The molecule has 0 bridgehead atoms. The van der Waals surface area contributed by atoms with Crippen molar-refractivity contribution in [3.8, 4) is 22.9 Å². The van der Waals surface area contributed by atoms with Crippen LogP contribution in [0.25, 0.3) is 11.3 Å². The van der Waals surface area contributed by atoms with Gasteiger partial charge in [0.1, 0.15) is 0 Å². The van der Waals surface area contributed by atoms with Gasteiger partial charge in [-0.15, -0.1) is 0 Å². The number of hydrogen-bond donors (Lipinski definition) is 1. The van der Waals surface area contributed by atoms with Gasteiger partial charge in [-0.05, 0) is 86.9 Å². The number of pyridine rings is 1. The number of aliphatic carboxylic acids is 1. The molecule has 0 amide bonds. The zero-order valence-corrected chi connectivity index (χ0v) is 25.2. The Hall–Kier alpha value is -2.94. The lowest BCUT2D eigenvalue weighted by molar-refractivity contribution is -0.138. The standard InChI is InChI=1S/C32H37Cl2N5O3/c33-25-15-24(16-26(34)17-25)28-12-22(20-38-9-6-21(7-10-38)14-31(40)41)13-30(37-28)42-27-18-35-32(36-19-27)39-11-8-23-4-2-1-3-5-29(23)39/h12-13,15-19,21,23,29H,1-11,14,20H2,(H,40,41). The van der Waals surface area contributed by atoms with Crippen LogP contribution in [0.2, 0.25) is 10.0 Å². The van der Waals surface area contributed by atoms with E-state index in [0.717, 1.165) is 55.5 Å². The molecule has 2 aromatic heterocycles. The summed E-state index contributed by atoms with van der Waals surface area (Å²) in [6.45, 7) is 3.41. The summed E-state index contributed by atoms with van der Waals surface area (Å²) < 4.78 is 6.23. The molecule has 3 aliphatic rings. The lowest BCUT2D eigenvalue weighted by atomic mass is 9.93. The molecule has 42 heavy (non-hydrogen) atoms. The van der Waals surface area contributed by atoms with E-state index in [4.69, 9.17) is 48.0 Å². The van der Waals surface area contributed by atoms with Crippen LogP contribution in [0.4, 0.5) is 5.95 Å². The summed E-state index contributed by atoms with van der Waals surface area (Å²) in [6, 6.07) is 9.91. The van der Waals surface area contributed by atoms with Crippen LogP contribution in [-0.4, -0.2) is 56.6 Å². The molecule has 222 valence electrons. The molecule has 2 aliphatic heterocycles. The van der Waals surface area contributed by atoms with E-state index in [0.29, 0.717) is 40.0 Å². The SMILES string of the molecule is O=C(O)CC1CCN(Cc2cc(Oc3cnc(N4CCC5CCCCCC54)nc3)nc(-c3cc(Cl)cc(Cl)c3)c2)CC1. The Bertz CT molecular complexity index is 1380. The number of rotatable bonds is 8. The maximum Gasteiger partial charge on any atom is 0.303 e. The molecule has 0 spiro atoms. The van der Waals surface area contributed by atoms with Crippen LogP contribution >= 0.6 is 23.2 Å². The third-order valence-electron chi connectivity index (χ3n) is 8.95. The van der Waals surface area contributed by atoms with E-state index in [2.05, 4.69) is 9.80 Å². The zero-order valence-electron chi connectivity index (χ0n) is 23.7. The van der Waals surface area contributed by atoms with Crippen LogP contribution in [0.5, 0.6) is 11.6 Å². The second-order valence-corrected chi connectivity index (χ2v) is 12.8. The van der Waals surface area contributed by atoms with Gasteiger partial charge in [0, 0.05) is 47.2 Å². The number of fused-ring (bicyclic) bond motifs is 1. The maximum atomic E-state index is 11.1. The predicted molar refractivity (Wildman–Crippen MR) is 164 cm³/mol. The number of ether oxygens (including phenoxy) is 1. The number of carboxylic acid groups (broad SMARTS) is 1. The Labute approximate surface area is 257 Å². The molecule has 1 aliphatic carbocycles. The van der Waals surface area contributed by atoms with Crippen molar-refractivity contribution in [2.45, 2.75) is 70.4 Å². The normalized spacial score (nSPS) is 21.6. The second-order valence-electron chi connectivity index (χ2n) is 11.9. The van der Waals surface area contributed by atoms with Crippen molar-refractivity contribution < 1.29 is 14.6 Å². The third-order valence-corrected chi connectivity index (χ3v) is 9.39. The lowest BCUT2D eigenvalue weighted by Gasteiger charge is -2.31. The molecule has 6 rings (SSSR count). The third kappa shape index (κ3) is 7.16. The molecule has 1 N–H and O–H groups in total. The highest BCUT2D eigenvalue weighted by Gasteiger charge is 2.36. The Morgan fingerprint density at radius 1 is 0.905 bits per heavy atom. The van der Waals surface area contributed by atoms with Crippen LogP contribution in [0, 0.1) is 11.8 Å². The summed E-state index contributed by atoms with van der Waals surface area (Å²) in [4.78, 5) is 30.1. The summed E-state index contributed by atoms with van der Waals surface area (Å²) in [5.41, 5.74) is 2.55. The smallest absolute Gasteiger partial charge is 0.303 e. The largest absolute Gasteiger partial charge is 0.481 e. The average Bonchev–Trinajstić information content (AvgIpc) is 3.21. The van der Waals surface area contributed by atoms with Crippen molar-refractivity contribution in [2.24, 2.45) is 11.8 Å². The van der Waals surface area contributed by atoms with Crippen LogP contribution in [-0.2, 0) is 11.3 Å². The molecular formula is C32H37Cl2N5O3. The van der Waals surface area contributed by atoms with Gasteiger partial charge >= 0.3 is 5.97 Å². The molecule has 3 fully saturated rings. The number of halogens is 2. The van der Waals surface area contributed by atoms with Crippen molar-refractivity contribution in [1.29, 1.82) is 0 Å². The highest BCUT2D eigenvalue weighted by molar-refractivity contribution is 6.35. The molecular weight excluding hydrogens is 573 g/mol. The molecule has 10 heteroatoms. The van der Waals surface area contributed by atoms with Gasteiger partial charge in [-0.25, -0.2) is 15.0 Å². The Morgan fingerprint density at radius 2 is 1.64 bits per heavy atom. The summed E-state index contributed by atoms with van der Waals surface area (Å²) in [7, 11) is 0. The summed E-state index contributed by atoms with van der Waals surface area (Å²) in [5.74, 6) is 2.01. The number of nitrogens with zero attached hydrogens (tertiary/aromatic N) is 5. The van der Waals surface area contributed by atoms with Crippen LogP contribution < -0.4 is 9.64 Å². The van der Waals surface area contributed by atoms with Crippen molar-refractivity contribution in [3.05, 3.63) is 58.3 Å². The fourth-order valence-corrected chi connectivity index (χ4v) is 7.39. The summed E-state index contributed by atoms with van der Waals surface area (Å²) in [5, 5.41) is 10.2. The van der Waals surface area contributed by atoms with E-state index >= 15 is 0 Å². The van der Waals surface area contributed by atoms with Crippen LogP contribution in [0.15, 0.2) is 42.7 Å². The van der Waals surface area contributed by atoms with Crippen molar-refractivity contribution in [2.75, 3.05) is 24.5 Å². The van der Waals surface area contributed by atoms with Crippen molar-refractivity contribution in [3.63, 3.8) is 0 Å². The lowest BCUT2D eigenvalue weighted by Crippen LogP contribution is -2.33. The van der Waals surface area contributed by atoms with Gasteiger partial charge < -0.3 is 14.7 Å². The van der Waals surface area contributed by atoms with E-state index in [1.807, 2.05) is 24.3 Å². The van der Waals surface area contributed by atoms with E-state index in [-0.39, 0.29) is 12.3 Å². The number of aromatic nitrogens is 3. The average molecular weight is 611 g/mol. The molecule has 0 radical (unpaired) electrons. The minimum Gasteiger partial charge on any atom is -0.481 e. The number of benzene rings is 1. The van der Waals surface area contributed by atoms with Gasteiger partial charge in [0.2, 0.25) is 11.8 Å². The second kappa shape index (κ2) is 13.1. The highest BCUT2D eigenvalue weighted by atomic mass is 35.5. The fourth-order valence-electron chi connectivity index (χ4n) is 6.87. The first-order valence-corrected chi connectivity index (χ1v) is 15.8. The molecule has 3 aromatic rings. The van der Waals surface area contributed by atoms with E-state index in [9.17, 15) is 4.79 Å². The van der Waals surface area contributed by atoms with Crippen LogP contribution in [0.1, 0.15) is 63.4 Å². The molecule has 8 nitrogen and oxygen atoms in total. The molecule has 2 atom stereocenters. The number of piperidine rings is 1. The minimum atomic E-state index is -0.722. The monoisotopic (exact) mass is 609 g/mol.